The van der Waals surface area contributed by atoms with Crippen LogP contribution >= 0.6 is 0 Å². The maximum Gasteiger partial charge on any atom is 0.269 e. The molecule has 0 heterocycles. The van der Waals surface area contributed by atoms with Gasteiger partial charge < -0.3 is 20.3 Å². The average molecular weight is 413 g/mol. The number of hydrogen-bond acceptors (Lipinski definition) is 5. The maximum atomic E-state index is 11.9. The summed E-state index contributed by atoms with van der Waals surface area (Å²) in [6.07, 6.45) is 0. The van der Waals surface area contributed by atoms with Crippen LogP contribution in [0.2, 0.25) is 0 Å². The first-order valence-electron chi connectivity index (χ1n) is 9.50. The quantitative estimate of drug-likeness (QED) is 0.214. The molecule has 0 unspecified atom stereocenters. The Morgan fingerprint density at radius 1 is 1.10 bits per heavy atom. The summed E-state index contributed by atoms with van der Waals surface area (Å²) in [5.74, 6) is 1.15. The molecule has 0 aliphatic carbocycles. The Morgan fingerprint density at radius 2 is 1.77 bits per heavy atom. The standard InChI is InChI=1S/C21H27N5O4/c1-16-4-10-19(11-5-16)30-13-12-22-21(24-15-20(27)25(2)3)23-14-17-6-8-18(9-7-17)26(28)29/h4-11H,12-15H2,1-3H3,(H2,22,23,24). The van der Waals surface area contributed by atoms with E-state index in [0.717, 1.165) is 16.9 Å². The van der Waals surface area contributed by atoms with Crippen LogP contribution in [0.5, 0.6) is 5.75 Å². The summed E-state index contributed by atoms with van der Waals surface area (Å²) in [7, 11) is 3.36. The number of rotatable bonds is 9. The summed E-state index contributed by atoms with van der Waals surface area (Å²) < 4.78 is 5.69. The number of nitro groups is 1. The van der Waals surface area contributed by atoms with Crippen LogP contribution in [0.3, 0.4) is 0 Å². The lowest BCUT2D eigenvalue weighted by Crippen LogP contribution is -2.44. The van der Waals surface area contributed by atoms with Gasteiger partial charge in [-0.3, -0.25) is 14.9 Å². The molecule has 0 atom stereocenters. The predicted octanol–water partition coefficient (Wildman–Crippen LogP) is 2.11. The number of aryl methyl sites for hydroxylation is 1. The number of carbonyl (C=O) groups excluding carboxylic acids is 1. The van der Waals surface area contributed by atoms with E-state index in [1.165, 1.54) is 17.0 Å². The molecule has 0 saturated heterocycles. The number of nitro benzene ring substituents is 1. The minimum Gasteiger partial charge on any atom is -0.492 e. The van der Waals surface area contributed by atoms with E-state index in [2.05, 4.69) is 15.6 Å². The molecule has 1 amide bonds. The Kier molecular flexibility index (Phi) is 8.61. The van der Waals surface area contributed by atoms with E-state index in [9.17, 15) is 14.9 Å². The van der Waals surface area contributed by atoms with Crippen LogP contribution in [0.4, 0.5) is 5.69 Å². The van der Waals surface area contributed by atoms with Crippen LogP contribution in [0.25, 0.3) is 0 Å². The lowest BCUT2D eigenvalue weighted by atomic mass is 10.2. The van der Waals surface area contributed by atoms with Gasteiger partial charge in [0, 0.05) is 26.2 Å². The minimum absolute atomic E-state index is 0.0315. The fourth-order valence-electron chi connectivity index (χ4n) is 2.36. The average Bonchev–Trinajstić information content (AvgIpc) is 2.73. The van der Waals surface area contributed by atoms with E-state index in [1.54, 1.807) is 26.2 Å². The van der Waals surface area contributed by atoms with E-state index < -0.39 is 4.92 Å². The minimum atomic E-state index is -0.442. The van der Waals surface area contributed by atoms with Crippen LogP contribution < -0.4 is 15.4 Å². The van der Waals surface area contributed by atoms with Gasteiger partial charge in [0.15, 0.2) is 5.96 Å². The molecule has 0 saturated carbocycles. The van der Waals surface area contributed by atoms with Gasteiger partial charge >= 0.3 is 0 Å². The van der Waals surface area contributed by atoms with Crippen molar-refractivity contribution in [3.05, 3.63) is 69.8 Å². The van der Waals surface area contributed by atoms with Crippen LogP contribution in [0.1, 0.15) is 11.1 Å². The summed E-state index contributed by atoms with van der Waals surface area (Å²) in [5, 5.41) is 16.9. The van der Waals surface area contributed by atoms with Gasteiger partial charge in [-0.1, -0.05) is 29.8 Å². The molecule has 30 heavy (non-hydrogen) atoms. The lowest BCUT2D eigenvalue weighted by Gasteiger charge is -2.15. The summed E-state index contributed by atoms with van der Waals surface area (Å²) in [6.45, 7) is 3.32. The van der Waals surface area contributed by atoms with E-state index in [0.29, 0.717) is 25.7 Å². The topological polar surface area (TPSA) is 109 Å². The summed E-state index contributed by atoms with van der Waals surface area (Å²) in [4.78, 5) is 28.1. The number of nitrogens with zero attached hydrogens (tertiary/aromatic N) is 3. The number of amides is 1. The first kappa shape index (κ1) is 22.7. The van der Waals surface area contributed by atoms with Crippen LogP contribution in [0.15, 0.2) is 53.5 Å². The zero-order valence-electron chi connectivity index (χ0n) is 17.4. The third kappa shape index (κ3) is 7.78. The third-order valence-corrected chi connectivity index (χ3v) is 4.16. The van der Waals surface area contributed by atoms with Crippen molar-refractivity contribution >= 4 is 17.6 Å². The second-order valence-electron chi connectivity index (χ2n) is 6.82. The molecule has 9 nitrogen and oxygen atoms in total. The van der Waals surface area contributed by atoms with Crippen LogP contribution in [0, 0.1) is 17.0 Å². The van der Waals surface area contributed by atoms with Gasteiger partial charge in [0.2, 0.25) is 5.91 Å². The van der Waals surface area contributed by atoms with Gasteiger partial charge in [0.25, 0.3) is 5.69 Å². The van der Waals surface area contributed by atoms with Crippen molar-refractivity contribution in [2.45, 2.75) is 13.5 Å². The Morgan fingerprint density at radius 3 is 2.37 bits per heavy atom. The molecule has 0 aliphatic rings. The van der Waals surface area contributed by atoms with Gasteiger partial charge in [-0.2, -0.15) is 0 Å². The van der Waals surface area contributed by atoms with E-state index in [-0.39, 0.29) is 18.1 Å². The number of benzene rings is 2. The Labute approximate surface area is 175 Å². The molecular formula is C21H27N5O4. The molecule has 2 N–H and O–H groups in total. The molecule has 0 spiro atoms. The highest BCUT2D eigenvalue weighted by molar-refractivity contribution is 5.86. The number of guanidine groups is 1. The van der Waals surface area contributed by atoms with Gasteiger partial charge in [-0.15, -0.1) is 0 Å². The molecule has 2 rings (SSSR count). The molecule has 160 valence electrons. The molecule has 0 radical (unpaired) electrons. The Balaban J connectivity index is 1.92. The third-order valence-electron chi connectivity index (χ3n) is 4.16. The van der Waals surface area contributed by atoms with Gasteiger partial charge in [-0.25, -0.2) is 4.99 Å². The summed E-state index contributed by atoms with van der Waals surface area (Å²) in [6, 6.07) is 14.0. The molecule has 0 fully saturated rings. The van der Waals surface area contributed by atoms with E-state index in [4.69, 9.17) is 4.74 Å². The number of ether oxygens (including phenoxy) is 1. The SMILES string of the molecule is Cc1ccc(OCCNC(=NCc2ccc([N+](=O)[O-])cc2)NCC(=O)N(C)C)cc1. The number of nitrogens with one attached hydrogen (secondary N) is 2. The zero-order chi connectivity index (χ0) is 21.9. The van der Waals surface area contributed by atoms with Crippen molar-refractivity contribution in [3.63, 3.8) is 0 Å². The maximum absolute atomic E-state index is 11.9. The molecular weight excluding hydrogens is 386 g/mol. The highest BCUT2D eigenvalue weighted by Crippen LogP contribution is 2.12. The van der Waals surface area contributed by atoms with Gasteiger partial charge in [0.05, 0.1) is 24.6 Å². The lowest BCUT2D eigenvalue weighted by molar-refractivity contribution is -0.384. The fourth-order valence-corrected chi connectivity index (χ4v) is 2.36. The van der Waals surface area contributed by atoms with Gasteiger partial charge in [-0.05, 0) is 24.6 Å². The van der Waals surface area contributed by atoms with E-state index >= 15 is 0 Å². The number of likely N-dealkylation sites (N-methyl/N-ethyl adjacent to an activating group) is 1. The second-order valence-corrected chi connectivity index (χ2v) is 6.82. The second kappa shape index (κ2) is 11.4. The summed E-state index contributed by atoms with van der Waals surface area (Å²) >= 11 is 0. The fraction of sp³-hybridized carbons (Fsp3) is 0.333. The molecule has 0 aromatic heterocycles. The molecule has 0 bridgehead atoms. The number of aliphatic imine (C=N–C) groups is 1. The van der Waals surface area contributed by atoms with Crippen molar-refractivity contribution in [1.29, 1.82) is 0 Å². The Hall–Kier alpha value is -3.62. The number of carbonyl (C=O) groups is 1. The molecule has 0 aliphatic heterocycles. The van der Waals surface area contributed by atoms with E-state index in [1.807, 2.05) is 31.2 Å². The highest BCUT2D eigenvalue weighted by Gasteiger charge is 2.07. The molecule has 9 heteroatoms. The first-order valence-corrected chi connectivity index (χ1v) is 9.50. The van der Waals surface area contributed by atoms with Crippen LogP contribution in [-0.4, -0.2) is 55.5 Å². The summed E-state index contributed by atoms with van der Waals surface area (Å²) in [5.41, 5.74) is 2.01. The van der Waals surface area contributed by atoms with Crippen LogP contribution in [-0.2, 0) is 11.3 Å². The van der Waals surface area contributed by atoms with Crippen molar-refractivity contribution in [1.82, 2.24) is 15.5 Å². The number of non-ortho nitro benzene ring substituents is 1. The van der Waals surface area contributed by atoms with Crippen molar-refractivity contribution in [2.24, 2.45) is 4.99 Å². The number of hydrogen-bond donors (Lipinski definition) is 2. The molecule has 2 aromatic rings. The predicted molar refractivity (Wildman–Crippen MR) is 116 cm³/mol. The normalized spacial score (nSPS) is 11.0. The van der Waals surface area contributed by atoms with Gasteiger partial charge in [0.1, 0.15) is 12.4 Å². The van der Waals surface area contributed by atoms with Crippen molar-refractivity contribution in [2.75, 3.05) is 33.8 Å². The van der Waals surface area contributed by atoms with Crippen molar-refractivity contribution < 1.29 is 14.5 Å². The Bertz CT molecular complexity index is 864. The van der Waals surface area contributed by atoms with Crippen molar-refractivity contribution in [3.8, 4) is 5.75 Å². The monoisotopic (exact) mass is 413 g/mol. The molecule has 2 aromatic carbocycles. The first-order chi connectivity index (χ1) is 14.3. The smallest absolute Gasteiger partial charge is 0.269 e. The zero-order valence-corrected chi connectivity index (χ0v) is 17.4. The highest BCUT2D eigenvalue weighted by atomic mass is 16.6. The largest absolute Gasteiger partial charge is 0.492 e.